The van der Waals surface area contributed by atoms with E-state index in [9.17, 15) is 0 Å². The normalized spacial score (nSPS) is 12.8. The summed E-state index contributed by atoms with van der Waals surface area (Å²) in [6, 6.07) is 7.97. The lowest BCUT2D eigenvalue weighted by atomic mass is 9.97. The minimum atomic E-state index is 0.399. The van der Waals surface area contributed by atoms with Crippen LogP contribution in [0.3, 0.4) is 0 Å². The van der Waals surface area contributed by atoms with Crippen LogP contribution in [-0.2, 0) is 0 Å². The molecule has 0 saturated carbocycles. The third-order valence-electron chi connectivity index (χ3n) is 2.30. The molecular weight excluding hydrogens is 214 g/mol. The molecule has 1 aromatic rings. The van der Waals surface area contributed by atoms with Crippen molar-refractivity contribution in [2.24, 2.45) is 5.73 Å². The number of hydrogen-bond acceptors (Lipinski definition) is 2. The van der Waals surface area contributed by atoms with Crippen molar-refractivity contribution in [3.63, 3.8) is 0 Å². The molecule has 0 radical (unpaired) electrons. The summed E-state index contributed by atoms with van der Waals surface area (Å²) >= 11 is 7.96. The van der Waals surface area contributed by atoms with E-state index in [0.717, 1.165) is 17.2 Å². The average molecular weight is 230 g/mol. The second-order valence-electron chi connectivity index (χ2n) is 3.24. The fourth-order valence-corrected chi connectivity index (χ4v) is 2.28. The van der Waals surface area contributed by atoms with Gasteiger partial charge in [0.05, 0.1) is 0 Å². The summed E-state index contributed by atoms with van der Waals surface area (Å²) in [6.07, 6.45) is 3.21. The van der Waals surface area contributed by atoms with E-state index in [4.69, 9.17) is 17.3 Å². The van der Waals surface area contributed by atoms with E-state index in [1.54, 1.807) is 0 Å². The summed E-state index contributed by atoms with van der Waals surface area (Å²) in [4.78, 5) is 0. The first-order valence-electron chi connectivity index (χ1n) is 4.73. The number of rotatable bonds is 5. The fourth-order valence-electron chi connectivity index (χ4n) is 1.47. The zero-order chi connectivity index (χ0) is 10.4. The van der Waals surface area contributed by atoms with Crippen LogP contribution >= 0.6 is 23.4 Å². The van der Waals surface area contributed by atoms with E-state index in [2.05, 4.69) is 12.3 Å². The highest BCUT2D eigenvalue weighted by molar-refractivity contribution is 7.98. The maximum atomic E-state index is 6.11. The van der Waals surface area contributed by atoms with Gasteiger partial charge in [0.2, 0.25) is 0 Å². The molecule has 0 aliphatic heterocycles. The molecule has 1 aromatic carbocycles. The lowest BCUT2D eigenvalue weighted by Gasteiger charge is -2.15. The zero-order valence-corrected chi connectivity index (χ0v) is 9.94. The maximum Gasteiger partial charge on any atom is 0.0441 e. The molecule has 2 N–H and O–H groups in total. The second-order valence-corrected chi connectivity index (χ2v) is 4.63. The fraction of sp³-hybridized carbons (Fsp3) is 0.455. The van der Waals surface area contributed by atoms with Crippen molar-refractivity contribution in [1.29, 1.82) is 0 Å². The molecule has 1 nitrogen and oxygen atoms in total. The molecule has 0 spiro atoms. The van der Waals surface area contributed by atoms with Crippen LogP contribution in [0.2, 0.25) is 5.02 Å². The van der Waals surface area contributed by atoms with Crippen LogP contribution in [0.4, 0.5) is 0 Å². The molecule has 0 amide bonds. The minimum absolute atomic E-state index is 0.399. The molecule has 0 heterocycles. The molecule has 0 aliphatic carbocycles. The molecule has 78 valence electrons. The van der Waals surface area contributed by atoms with E-state index < -0.39 is 0 Å². The smallest absolute Gasteiger partial charge is 0.0441 e. The van der Waals surface area contributed by atoms with Gasteiger partial charge in [-0.15, -0.1) is 0 Å². The van der Waals surface area contributed by atoms with Gasteiger partial charge in [0.1, 0.15) is 0 Å². The summed E-state index contributed by atoms with van der Waals surface area (Å²) in [6.45, 7) is 0.671. The van der Waals surface area contributed by atoms with E-state index in [1.807, 2.05) is 30.0 Å². The summed E-state index contributed by atoms with van der Waals surface area (Å²) < 4.78 is 0. The molecule has 14 heavy (non-hydrogen) atoms. The molecule has 0 aromatic heterocycles. The van der Waals surface area contributed by atoms with Crippen molar-refractivity contribution in [2.45, 2.75) is 12.3 Å². The van der Waals surface area contributed by atoms with E-state index in [1.165, 1.54) is 5.56 Å². The van der Waals surface area contributed by atoms with Crippen LogP contribution in [0.15, 0.2) is 24.3 Å². The minimum Gasteiger partial charge on any atom is -0.330 e. The van der Waals surface area contributed by atoms with Crippen LogP contribution in [0.5, 0.6) is 0 Å². The molecule has 3 heteroatoms. The highest BCUT2D eigenvalue weighted by Crippen LogP contribution is 2.26. The first-order valence-corrected chi connectivity index (χ1v) is 6.50. The van der Waals surface area contributed by atoms with E-state index >= 15 is 0 Å². The van der Waals surface area contributed by atoms with Crippen LogP contribution < -0.4 is 5.73 Å². The van der Waals surface area contributed by atoms with Gasteiger partial charge in [0.25, 0.3) is 0 Å². The number of benzene rings is 1. The number of thioether (sulfide) groups is 1. The highest BCUT2D eigenvalue weighted by Gasteiger charge is 2.11. The van der Waals surface area contributed by atoms with Gasteiger partial charge in [0, 0.05) is 5.02 Å². The SMILES string of the molecule is CSCCC(CN)c1ccccc1Cl. The average Bonchev–Trinajstić information content (AvgIpc) is 2.21. The largest absolute Gasteiger partial charge is 0.330 e. The Morgan fingerprint density at radius 2 is 2.14 bits per heavy atom. The number of nitrogens with two attached hydrogens (primary N) is 1. The molecule has 1 atom stereocenters. The molecular formula is C11H16ClNS. The van der Waals surface area contributed by atoms with Crippen molar-refractivity contribution in [3.05, 3.63) is 34.9 Å². The first kappa shape index (κ1) is 11.9. The Kier molecular flexibility index (Phi) is 5.38. The lowest BCUT2D eigenvalue weighted by molar-refractivity contribution is 0.680. The Bertz CT molecular complexity index is 278. The van der Waals surface area contributed by atoms with Crippen molar-refractivity contribution < 1.29 is 0 Å². The summed E-state index contributed by atoms with van der Waals surface area (Å²) in [5.74, 6) is 1.53. The van der Waals surface area contributed by atoms with Gasteiger partial charge in [-0.05, 0) is 42.5 Å². The monoisotopic (exact) mass is 229 g/mol. The summed E-state index contributed by atoms with van der Waals surface area (Å²) in [5.41, 5.74) is 6.93. The molecule has 0 aliphatic rings. The van der Waals surface area contributed by atoms with Gasteiger partial charge in [-0.25, -0.2) is 0 Å². The van der Waals surface area contributed by atoms with Gasteiger partial charge >= 0.3 is 0 Å². The van der Waals surface area contributed by atoms with E-state index in [-0.39, 0.29) is 0 Å². The molecule has 0 bridgehead atoms. The van der Waals surface area contributed by atoms with Crippen LogP contribution in [0, 0.1) is 0 Å². The second kappa shape index (κ2) is 6.33. The van der Waals surface area contributed by atoms with Crippen molar-refractivity contribution in [2.75, 3.05) is 18.6 Å². The van der Waals surface area contributed by atoms with Crippen molar-refractivity contribution in [1.82, 2.24) is 0 Å². The molecule has 0 fully saturated rings. The standard InChI is InChI=1S/C11H16ClNS/c1-14-7-6-9(8-13)10-4-2-3-5-11(10)12/h2-5,9H,6-8,13H2,1H3. The van der Waals surface area contributed by atoms with Crippen LogP contribution in [-0.4, -0.2) is 18.6 Å². The van der Waals surface area contributed by atoms with Gasteiger partial charge in [-0.1, -0.05) is 29.8 Å². The topological polar surface area (TPSA) is 26.0 Å². The molecule has 1 unspecified atom stereocenters. The molecule has 0 saturated heterocycles. The van der Waals surface area contributed by atoms with Gasteiger partial charge < -0.3 is 5.73 Å². The Morgan fingerprint density at radius 1 is 1.43 bits per heavy atom. The maximum absolute atomic E-state index is 6.11. The third kappa shape index (κ3) is 3.19. The Balaban J connectivity index is 2.73. The highest BCUT2D eigenvalue weighted by atomic mass is 35.5. The first-order chi connectivity index (χ1) is 6.79. The Hall–Kier alpha value is -0.180. The van der Waals surface area contributed by atoms with Gasteiger partial charge in [-0.2, -0.15) is 11.8 Å². The molecule has 1 rings (SSSR count). The van der Waals surface area contributed by atoms with Gasteiger partial charge in [-0.3, -0.25) is 0 Å². The third-order valence-corrected chi connectivity index (χ3v) is 3.29. The summed E-state index contributed by atoms with van der Waals surface area (Å²) in [5, 5.41) is 0.837. The zero-order valence-electron chi connectivity index (χ0n) is 8.37. The van der Waals surface area contributed by atoms with Crippen molar-refractivity contribution >= 4 is 23.4 Å². The number of hydrogen-bond donors (Lipinski definition) is 1. The van der Waals surface area contributed by atoms with Crippen molar-refractivity contribution in [3.8, 4) is 0 Å². The Labute approximate surface area is 95.0 Å². The number of halogens is 1. The Morgan fingerprint density at radius 3 is 2.71 bits per heavy atom. The predicted molar refractivity (Wildman–Crippen MR) is 66.2 cm³/mol. The quantitative estimate of drug-likeness (QED) is 0.840. The lowest BCUT2D eigenvalue weighted by Crippen LogP contribution is -2.13. The van der Waals surface area contributed by atoms with Crippen LogP contribution in [0.1, 0.15) is 17.9 Å². The predicted octanol–water partition coefficient (Wildman–Crippen LogP) is 3.14. The van der Waals surface area contributed by atoms with Gasteiger partial charge in [0.15, 0.2) is 0 Å². The summed E-state index contributed by atoms with van der Waals surface area (Å²) in [7, 11) is 0. The van der Waals surface area contributed by atoms with Crippen LogP contribution in [0.25, 0.3) is 0 Å². The van der Waals surface area contributed by atoms with E-state index in [0.29, 0.717) is 12.5 Å².